The van der Waals surface area contributed by atoms with Crippen LogP contribution in [0, 0.1) is 10.1 Å². The molecule has 9 nitrogen and oxygen atoms in total. The molecule has 0 saturated heterocycles. The molecule has 2 aromatic carbocycles. The van der Waals surface area contributed by atoms with Gasteiger partial charge in [-0.05, 0) is 48.5 Å². The van der Waals surface area contributed by atoms with Crippen molar-refractivity contribution in [2.75, 3.05) is 6.26 Å². The standard InChI is InChI=1S/C19H14N2O7S/c1-29(26,27)16-6-4-14(5-7-16)28-15-10-12(9-13(11-15)19(22)23)18-17(21(24)25)3-2-8-20-18/h2-11H,1H3,(H,22,23). The van der Waals surface area contributed by atoms with Crippen molar-refractivity contribution in [2.24, 2.45) is 0 Å². The van der Waals surface area contributed by atoms with Crippen molar-refractivity contribution in [3.63, 3.8) is 0 Å². The second-order valence-corrected chi connectivity index (χ2v) is 8.04. The lowest BCUT2D eigenvalue weighted by Gasteiger charge is -2.10. The summed E-state index contributed by atoms with van der Waals surface area (Å²) in [7, 11) is -3.37. The number of pyridine rings is 1. The Morgan fingerprint density at radius 3 is 2.38 bits per heavy atom. The van der Waals surface area contributed by atoms with Crippen LogP contribution in [0.4, 0.5) is 5.69 Å². The molecule has 0 radical (unpaired) electrons. The van der Waals surface area contributed by atoms with Crippen LogP contribution in [-0.4, -0.2) is 35.7 Å². The molecule has 29 heavy (non-hydrogen) atoms. The number of rotatable bonds is 6. The number of carbonyl (C=O) groups is 1. The van der Waals surface area contributed by atoms with Gasteiger partial charge in [0.05, 0.1) is 15.4 Å². The molecular weight excluding hydrogens is 400 g/mol. The lowest BCUT2D eigenvalue weighted by atomic mass is 10.1. The van der Waals surface area contributed by atoms with Crippen LogP contribution in [-0.2, 0) is 9.84 Å². The summed E-state index contributed by atoms with van der Waals surface area (Å²) in [5.74, 6) is -0.879. The van der Waals surface area contributed by atoms with Gasteiger partial charge in [0.25, 0.3) is 5.69 Å². The molecule has 0 aliphatic rings. The number of nitrogens with zero attached hydrogens (tertiary/aromatic N) is 2. The monoisotopic (exact) mass is 414 g/mol. The van der Waals surface area contributed by atoms with E-state index in [9.17, 15) is 28.4 Å². The number of hydrogen-bond acceptors (Lipinski definition) is 7. The fourth-order valence-electron chi connectivity index (χ4n) is 2.58. The van der Waals surface area contributed by atoms with Gasteiger partial charge in [0, 0.05) is 24.1 Å². The van der Waals surface area contributed by atoms with Crippen molar-refractivity contribution >= 4 is 21.5 Å². The zero-order valence-corrected chi connectivity index (χ0v) is 15.8. The van der Waals surface area contributed by atoms with E-state index in [0.717, 1.165) is 6.26 Å². The molecule has 0 amide bonds. The second-order valence-electron chi connectivity index (χ2n) is 6.03. The van der Waals surface area contributed by atoms with E-state index in [0.29, 0.717) is 0 Å². The predicted octanol–water partition coefficient (Wildman–Crippen LogP) is 3.55. The topological polar surface area (TPSA) is 137 Å². The Morgan fingerprint density at radius 2 is 1.79 bits per heavy atom. The SMILES string of the molecule is CS(=O)(=O)c1ccc(Oc2cc(C(=O)O)cc(-c3ncccc3[N+](=O)[O-])c2)cc1. The van der Waals surface area contributed by atoms with Crippen molar-refractivity contribution in [3.8, 4) is 22.8 Å². The summed E-state index contributed by atoms with van der Waals surface area (Å²) in [6, 6.07) is 12.2. The Hall–Kier alpha value is -3.79. The minimum absolute atomic E-state index is 0.00197. The van der Waals surface area contributed by atoms with E-state index in [2.05, 4.69) is 4.98 Å². The highest BCUT2D eigenvalue weighted by Gasteiger charge is 2.19. The summed E-state index contributed by atoms with van der Waals surface area (Å²) in [5, 5.41) is 20.6. The van der Waals surface area contributed by atoms with Crippen LogP contribution >= 0.6 is 0 Å². The molecule has 0 bridgehead atoms. The molecule has 148 valence electrons. The quantitative estimate of drug-likeness (QED) is 0.477. The Balaban J connectivity index is 2.05. The third-order valence-electron chi connectivity index (χ3n) is 3.90. The first-order chi connectivity index (χ1) is 13.6. The maximum Gasteiger partial charge on any atom is 0.335 e. The molecule has 1 N–H and O–H groups in total. The summed E-state index contributed by atoms with van der Waals surface area (Å²) in [4.78, 5) is 26.3. The summed E-state index contributed by atoms with van der Waals surface area (Å²) in [6.45, 7) is 0. The first kappa shape index (κ1) is 20.0. The van der Waals surface area contributed by atoms with Crippen molar-refractivity contribution in [1.82, 2.24) is 4.98 Å². The van der Waals surface area contributed by atoms with Crippen LogP contribution in [0.2, 0.25) is 0 Å². The highest BCUT2D eigenvalue weighted by Crippen LogP contribution is 2.33. The Kier molecular flexibility index (Phi) is 5.29. The number of nitro groups is 1. The maximum absolute atomic E-state index is 11.5. The zero-order chi connectivity index (χ0) is 21.2. The van der Waals surface area contributed by atoms with Crippen LogP contribution in [0.25, 0.3) is 11.3 Å². The number of ether oxygens (including phenoxy) is 1. The third kappa shape index (κ3) is 4.55. The number of carboxylic acids is 1. The van der Waals surface area contributed by atoms with Crippen LogP contribution in [0.3, 0.4) is 0 Å². The Morgan fingerprint density at radius 1 is 1.10 bits per heavy atom. The van der Waals surface area contributed by atoms with Gasteiger partial charge >= 0.3 is 5.97 Å². The minimum atomic E-state index is -3.37. The summed E-state index contributed by atoms with van der Waals surface area (Å²) < 4.78 is 28.7. The molecule has 0 atom stereocenters. The van der Waals surface area contributed by atoms with Gasteiger partial charge in [-0.1, -0.05) is 0 Å². The normalized spacial score (nSPS) is 11.1. The molecule has 0 unspecified atom stereocenters. The van der Waals surface area contributed by atoms with Crippen molar-refractivity contribution in [2.45, 2.75) is 4.90 Å². The molecule has 0 fully saturated rings. The highest BCUT2D eigenvalue weighted by atomic mass is 32.2. The van der Waals surface area contributed by atoms with Crippen molar-refractivity contribution in [3.05, 3.63) is 76.5 Å². The Labute approximate surface area is 165 Å². The fraction of sp³-hybridized carbons (Fsp3) is 0.0526. The molecule has 0 aliphatic heterocycles. The van der Waals surface area contributed by atoms with E-state index < -0.39 is 20.7 Å². The third-order valence-corrected chi connectivity index (χ3v) is 5.03. The summed E-state index contributed by atoms with van der Waals surface area (Å²) >= 11 is 0. The second kappa shape index (κ2) is 7.68. The molecule has 10 heteroatoms. The molecule has 3 aromatic rings. The fourth-order valence-corrected chi connectivity index (χ4v) is 3.21. The smallest absolute Gasteiger partial charge is 0.335 e. The summed E-state index contributed by atoms with van der Waals surface area (Å²) in [5.41, 5.74) is -0.235. The van der Waals surface area contributed by atoms with Crippen LogP contribution in [0.15, 0.2) is 65.7 Å². The van der Waals surface area contributed by atoms with Gasteiger partial charge < -0.3 is 9.84 Å². The zero-order valence-electron chi connectivity index (χ0n) is 15.0. The molecule has 3 rings (SSSR count). The molecular formula is C19H14N2O7S. The van der Waals surface area contributed by atoms with Crippen LogP contribution < -0.4 is 4.74 Å². The van der Waals surface area contributed by atoms with Gasteiger partial charge in [0.15, 0.2) is 9.84 Å². The van der Waals surface area contributed by atoms with Gasteiger partial charge in [0.1, 0.15) is 17.2 Å². The van der Waals surface area contributed by atoms with Crippen molar-refractivity contribution < 1.29 is 28.0 Å². The van der Waals surface area contributed by atoms with Gasteiger partial charge in [-0.15, -0.1) is 0 Å². The number of aromatic nitrogens is 1. The lowest BCUT2D eigenvalue weighted by molar-refractivity contribution is -0.384. The van der Waals surface area contributed by atoms with E-state index >= 15 is 0 Å². The van der Waals surface area contributed by atoms with E-state index in [4.69, 9.17) is 4.74 Å². The largest absolute Gasteiger partial charge is 0.478 e. The average Bonchev–Trinajstić information content (AvgIpc) is 2.67. The Bertz CT molecular complexity index is 1210. The number of aromatic carboxylic acids is 1. The summed E-state index contributed by atoms with van der Waals surface area (Å²) in [6.07, 6.45) is 2.44. The van der Waals surface area contributed by atoms with Gasteiger partial charge in [-0.2, -0.15) is 0 Å². The predicted molar refractivity (Wildman–Crippen MR) is 103 cm³/mol. The number of hydrogen-bond donors (Lipinski definition) is 1. The van der Waals surface area contributed by atoms with Crippen LogP contribution in [0.5, 0.6) is 11.5 Å². The number of carboxylic acid groups (broad SMARTS) is 1. The first-order valence-corrected chi connectivity index (χ1v) is 10.0. The minimum Gasteiger partial charge on any atom is -0.478 e. The van der Waals surface area contributed by atoms with Gasteiger partial charge in [-0.3, -0.25) is 10.1 Å². The maximum atomic E-state index is 11.5. The molecule has 0 saturated carbocycles. The van der Waals surface area contributed by atoms with Crippen molar-refractivity contribution in [1.29, 1.82) is 0 Å². The first-order valence-electron chi connectivity index (χ1n) is 8.11. The van der Waals surface area contributed by atoms with E-state index in [1.165, 1.54) is 60.8 Å². The average molecular weight is 414 g/mol. The van der Waals surface area contributed by atoms with Gasteiger partial charge in [0.2, 0.25) is 0 Å². The molecule has 1 aromatic heterocycles. The van der Waals surface area contributed by atoms with Gasteiger partial charge in [-0.25, -0.2) is 18.2 Å². The molecule has 1 heterocycles. The number of sulfone groups is 1. The molecule has 0 aliphatic carbocycles. The van der Waals surface area contributed by atoms with E-state index in [-0.39, 0.29) is 38.9 Å². The van der Waals surface area contributed by atoms with E-state index in [1.807, 2.05) is 0 Å². The highest BCUT2D eigenvalue weighted by molar-refractivity contribution is 7.90. The molecule has 0 spiro atoms. The number of benzene rings is 2. The van der Waals surface area contributed by atoms with Crippen LogP contribution in [0.1, 0.15) is 10.4 Å². The van der Waals surface area contributed by atoms with E-state index in [1.54, 1.807) is 0 Å². The lowest BCUT2D eigenvalue weighted by Crippen LogP contribution is -2.00.